The van der Waals surface area contributed by atoms with Gasteiger partial charge < -0.3 is 9.64 Å². The number of methoxy groups -OCH3 is 1. The maximum absolute atomic E-state index is 12.7. The van der Waals surface area contributed by atoms with Gasteiger partial charge in [-0.05, 0) is 32.2 Å². The van der Waals surface area contributed by atoms with Crippen molar-refractivity contribution in [3.05, 3.63) is 12.4 Å². The molecule has 0 spiro atoms. The SMILES string of the molecule is CO[C@H]1C[C@@H](C(=O)N2CCC(Cn3ccnn3)CC2)N(C)C1. The Kier molecular flexibility index (Phi) is 4.73. The summed E-state index contributed by atoms with van der Waals surface area (Å²) in [4.78, 5) is 16.8. The van der Waals surface area contributed by atoms with Gasteiger partial charge in [0.2, 0.25) is 5.91 Å². The predicted molar refractivity (Wildman–Crippen MR) is 81.2 cm³/mol. The fraction of sp³-hybridized carbons (Fsp3) is 0.800. The molecule has 0 unspecified atom stereocenters. The summed E-state index contributed by atoms with van der Waals surface area (Å²) in [6.07, 6.45) is 6.68. The Bertz CT molecular complexity index is 484. The Morgan fingerprint density at radius 1 is 1.36 bits per heavy atom. The van der Waals surface area contributed by atoms with Gasteiger partial charge in [-0.15, -0.1) is 5.10 Å². The number of carbonyl (C=O) groups is 1. The van der Waals surface area contributed by atoms with Crippen LogP contribution in [0.5, 0.6) is 0 Å². The molecule has 0 bridgehead atoms. The number of likely N-dealkylation sites (N-methyl/N-ethyl adjacent to an activating group) is 1. The van der Waals surface area contributed by atoms with Crippen LogP contribution in [0.2, 0.25) is 0 Å². The summed E-state index contributed by atoms with van der Waals surface area (Å²) in [5.41, 5.74) is 0. The van der Waals surface area contributed by atoms with E-state index in [0.29, 0.717) is 5.92 Å². The Morgan fingerprint density at radius 2 is 2.14 bits per heavy atom. The average Bonchev–Trinajstić information content (AvgIpc) is 3.17. The Morgan fingerprint density at radius 3 is 2.73 bits per heavy atom. The van der Waals surface area contributed by atoms with Crippen LogP contribution in [0, 0.1) is 5.92 Å². The lowest BCUT2D eigenvalue weighted by atomic mass is 9.96. The van der Waals surface area contributed by atoms with Gasteiger partial charge in [-0.25, -0.2) is 0 Å². The zero-order valence-electron chi connectivity index (χ0n) is 13.4. The van der Waals surface area contributed by atoms with E-state index in [4.69, 9.17) is 4.74 Å². The van der Waals surface area contributed by atoms with Crippen molar-refractivity contribution in [2.24, 2.45) is 5.92 Å². The van der Waals surface area contributed by atoms with Crippen LogP contribution in [0.1, 0.15) is 19.3 Å². The smallest absolute Gasteiger partial charge is 0.240 e. The molecule has 2 saturated heterocycles. The summed E-state index contributed by atoms with van der Waals surface area (Å²) < 4.78 is 7.28. The highest BCUT2D eigenvalue weighted by Crippen LogP contribution is 2.24. The Balaban J connectivity index is 1.49. The maximum Gasteiger partial charge on any atom is 0.240 e. The first-order valence-corrected chi connectivity index (χ1v) is 8.03. The molecule has 0 aliphatic carbocycles. The van der Waals surface area contributed by atoms with Crippen LogP contribution in [-0.2, 0) is 16.1 Å². The highest BCUT2D eigenvalue weighted by Gasteiger charge is 2.37. The van der Waals surface area contributed by atoms with Gasteiger partial charge in [-0.3, -0.25) is 14.4 Å². The first-order valence-electron chi connectivity index (χ1n) is 8.03. The summed E-state index contributed by atoms with van der Waals surface area (Å²) in [6.45, 7) is 3.44. The lowest BCUT2D eigenvalue weighted by Gasteiger charge is -2.34. The van der Waals surface area contributed by atoms with Crippen molar-refractivity contribution in [2.75, 3.05) is 33.8 Å². The molecular weight excluding hydrogens is 282 g/mol. The molecule has 0 radical (unpaired) electrons. The summed E-state index contributed by atoms with van der Waals surface area (Å²) in [5, 5.41) is 7.86. The van der Waals surface area contributed by atoms with Crippen LogP contribution in [0.15, 0.2) is 12.4 Å². The van der Waals surface area contributed by atoms with Gasteiger partial charge in [0, 0.05) is 39.5 Å². The number of amides is 1. The summed E-state index contributed by atoms with van der Waals surface area (Å²) in [5.74, 6) is 0.847. The van der Waals surface area contributed by atoms with E-state index >= 15 is 0 Å². The number of hydrogen-bond acceptors (Lipinski definition) is 5. The minimum atomic E-state index is -0.0168. The second-order valence-electron chi connectivity index (χ2n) is 6.44. The van der Waals surface area contributed by atoms with E-state index in [0.717, 1.165) is 45.4 Å². The highest BCUT2D eigenvalue weighted by atomic mass is 16.5. The van der Waals surface area contributed by atoms with Crippen LogP contribution >= 0.6 is 0 Å². The van der Waals surface area contributed by atoms with E-state index < -0.39 is 0 Å². The van der Waals surface area contributed by atoms with Crippen molar-refractivity contribution in [2.45, 2.75) is 38.0 Å². The number of rotatable bonds is 4. The molecule has 2 fully saturated rings. The fourth-order valence-corrected chi connectivity index (χ4v) is 3.55. The Labute approximate surface area is 131 Å². The normalized spacial score (nSPS) is 27.5. The largest absolute Gasteiger partial charge is 0.380 e. The molecule has 3 heterocycles. The molecule has 0 aromatic carbocycles. The third-order valence-corrected chi connectivity index (χ3v) is 4.97. The van der Waals surface area contributed by atoms with E-state index in [2.05, 4.69) is 15.2 Å². The van der Waals surface area contributed by atoms with Crippen molar-refractivity contribution in [3.63, 3.8) is 0 Å². The molecule has 2 atom stereocenters. The van der Waals surface area contributed by atoms with Crippen LogP contribution < -0.4 is 0 Å². The molecule has 3 rings (SSSR count). The first-order chi connectivity index (χ1) is 10.7. The van der Waals surface area contributed by atoms with Gasteiger partial charge in [0.15, 0.2) is 0 Å². The van der Waals surface area contributed by atoms with E-state index in [9.17, 15) is 4.79 Å². The minimum absolute atomic E-state index is 0.0168. The third-order valence-electron chi connectivity index (χ3n) is 4.97. The Hall–Kier alpha value is -1.47. The number of likely N-dealkylation sites (tertiary alicyclic amines) is 2. The number of piperidine rings is 1. The molecule has 122 valence electrons. The summed E-state index contributed by atoms with van der Waals surface area (Å²) in [7, 11) is 3.74. The number of nitrogens with zero attached hydrogens (tertiary/aromatic N) is 5. The molecule has 2 aliphatic heterocycles. The van der Waals surface area contributed by atoms with Gasteiger partial charge in [-0.2, -0.15) is 0 Å². The van der Waals surface area contributed by atoms with Crippen molar-refractivity contribution < 1.29 is 9.53 Å². The van der Waals surface area contributed by atoms with Gasteiger partial charge in [0.25, 0.3) is 0 Å². The molecule has 1 amide bonds. The number of carbonyl (C=O) groups excluding carboxylic acids is 1. The van der Waals surface area contributed by atoms with Gasteiger partial charge in [-0.1, -0.05) is 5.21 Å². The van der Waals surface area contributed by atoms with Crippen LogP contribution in [0.3, 0.4) is 0 Å². The number of ether oxygens (including phenoxy) is 1. The molecule has 7 heteroatoms. The molecular formula is C15H25N5O2. The van der Waals surface area contributed by atoms with Gasteiger partial charge in [0.1, 0.15) is 0 Å². The summed E-state index contributed by atoms with van der Waals surface area (Å²) in [6, 6.07) is -0.0168. The molecule has 22 heavy (non-hydrogen) atoms. The molecule has 1 aromatic heterocycles. The van der Waals surface area contributed by atoms with Crippen LogP contribution in [0.4, 0.5) is 0 Å². The fourth-order valence-electron chi connectivity index (χ4n) is 3.55. The van der Waals surface area contributed by atoms with Crippen LogP contribution in [0.25, 0.3) is 0 Å². The lowest BCUT2D eigenvalue weighted by Crippen LogP contribution is -2.47. The minimum Gasteiger partial charge on any atom is -0.380 e. The first kappa shape index (κ1) is 15.4. The molecule has 0 saturated carbocycles. The van der Waals surface area contributed by atoms with Gasteiger partial charge >= 0.3 is 0 Å². The number of hydrogen-bond donors (Lipinski definition) is 0. The van der Waals surface area contributed by atoms with Crippen molar-refractivity contribution in [3.8, 4) is 0 Å². The predicted octanol–water partition coefficient (Wildman–Crippen LogP) is 0.236. The second-order valence-corrected chi connectivity index (χ2v) is 6.44. The van der Waals surface area contributed by atoms with E-state index in [1.165, 1.54) is 0 Å². The third kappa shape index (κ3) is 3.30. The highest BCUT2D eigenvalue weighted by molar-refractivity contribution is 5.82. The van der Waals surface area contributed by atoms with Crippen molar-refractivity contribution >= 4 is 5.91 Å². The van der Waals surface area contributed by atoms with E-state index in [1.807, 2.05) is 22.8 Å². The summed E-state index contributed by atoms with van der Waals surface area (Å²) >= 11 is 0. The average molecular weight is 307 g/mol. The molecule has 1 aromatic rings. The molecule has 7 nitrogen and oxygen atoms in total. The van der Waals surface area contributed by atoms with Crippen LogP contribution in [-0.4, -0.2) is 76.6 Å². The molecule has 0 N–H and O–H groups in total. The number of aromatic nitrogens is 3. The zero-order chi connectivity index (χ0) is 15.5. The quantitative estimate of drug-likeness (QED) is 0.797. The van der Waals surface area contributed by atoms with E-state index in [1.54, 1.807) is 13.3 Å². The van der Waals surface area contributed by atoms with Crippen molar-refractivity contribution in [1.82, 2.24) is 24.8 Å². The van der Waals surface area contributed by atoms with Crippen molar-refractivity contribution in [1.29, 1.82) is 0 Å². The monoisotopic (exact) mass is 307 g/mol. The zero-order valence-corrected chi connectivity index (χ0v) is 13.4. The molecule has 2 aliphatic rings. The topological polar surface area (TPSA) is 63.5 Å². The van der Waals surface area contributed by atoms with E-state index in [-0.39, 0.29) is 18.1 Å². The standard InChI is InChI=1S/C15H25N5O2/c1-18-11-13(22-2)9-14(18)15(21)19-6-3-12(4-7-19)10-20-8-5-16-17-20/h5,8,12-14H,3-4,6-7,9-11H2,1-2H3/t13-,14-/m0/s1. The van der Waals surface area contributed by atoms with Gasteiger partial charge in [0.05, 0.1) is 18.3 Å². The second kappa shape index (κ2) is 6.75. The lowest BCUT2D eigenvalue weighted by molar-refractivity contribution is -0.137. The maximum atomic E-state index is 12.7.